The number of rotatable bonds is 5. The summed E-state index contributed by atoms with van der Waals surface area (Å²) in [6, 6.07) is 4.00. The molecule has 2 heterocycles. The van der Waals surface area contributed by atoms with E-state index < -0.39 is 11.4 Å². The molecule has 1 unspecified atom stereocenters. The Balaban J connectivity index is 1.88. The van der Waals surface area contributed by atoms with Crippen molar-refractivity contribution in [3.05, 3.63) is 30.1 Å². The van der Waals surface area contributed by atoms with Gasteiger partial charge in [0.15, 0.2) is 0 Å². The van der Waals surface area contributed by atoms with Crippen LogP contribution in [0.3, 0.4) is 0 Å². The lowest BCUT2D eigenvalue weighted by atomic mass is 9.84. The van der Waals surface area contributed by atoms with Crippen molar-refractivity contribution < 1.29 is 9.90 Å². The molecule has 0 aliphatic carbocycles. The zero-order valence-electron chi connectivity index (χ0n) is 10.8. The molecule has 1 aliphatic heterocycles. The first-order valence-corrected chi connectivity index (χ1v) is 6.51. The second-order valence-electron chi connectivity index (χ2n) is 5.08. The molecule has 18 heavy (non-hydrogen) atoms. The number of aliphatic carboxylic acids is 1. The first kappa shape index (κ1) is 13.0. The van der Waals surface area contributed by atoms with Crippen molar-refractivity contribution in [1.82, 2.24) is 9.88 Å². The van der Waals surface area contributed by atoms with Gasteiger partial charge in [0.05, 0.1) is 5.41 Å². The van der Waals surface area contributed by atoms with E-state index in [1.165, 1.54) is 5.56 Å². The van der Waals surface area contributed by atoms with Crippen molar-refractivity contribution in [2.45, 2.75) is 26.2 Å². The number of carboxylic acid groups (broad SMARTS) is 1. The largest absolute Gasteiger partial charge is 0.481 e. The molecule has 0 saturated carbocycles. The molecule has 1 aliphatic rings. The van der Waals surface area contributed by atoms with Gasteiger partial charge in [0.25, 0.3) is 0 Å². The second-order valence-corrected chi connectivity index (χ2v) is 5.08. The van der Waals surface area contributed by atoms with Crippen molar-refractivity contribution >= 4 is 5.97 Å². The first-order chi connectivity index (χ1) is 8.66. The first-order valence-electron chi connectivity index (χ1n) is 6.51. The van der Waals surface area contributed by atoms with Gasteiger partial charge in [0.2, 0.25) is 0 Å². The lowest BCUT2D eigenvalue weighted by Crippen LogP contribution is -2.34. The second kappa shape index (κ2) is 5.48. The Morgan fingerprint density at radius 1 is 1.61 bits per heavy atom. The zero-order valence-corrected chi connectivity index (χ0v) is 10.8. The summed E-state index contributed by atoms with van der Waals surface area (Å²) in [5.74, 6) is -0.645. The minimum atomic E-state index is -0.645. The maximum Gasteiger partial charge on any atom is 0.310 e. The van der Waals surface area contributed by atoms with Gasteiger partial charge in [0, 0.05) is 25.5 Å². The van der Waals surface area contributed by atoms with Crippen LogP contribution in [0.1, 0.15) is 25.3 Å². The van der Waals surface area contributed by atoms with Crippen LogP contribution in [0, 0.1) is 5.41 Å². The normalized spacial score (nSPS) is 24.3. The van der Waals surface area contributed by atoms with Crippen LogP contribution in [-0.4, -0.2) is 40.6 Å². The highest BCUT2D eigenvalue weighted by molar-refractivity contribution is 5.75. The molecule has 1 fully saturated rings. The molecule has 1 atom stereocenters. The maximum absolute atomic E-state index is 11.3. The highest BCUT2D eigenvalue weighted by atomic mass is 16.4. The topological polar surface area (TPSA) is 53.4 Å². The summed E-state index contributed by atoms with van der Waals surface area (Å²) in [7, 11) is 0. The van der Waals surface area contributed by atoms with Crippen molar-refractivity contribution in [3.63, 3.8) is 0 Å². The van der Waals surface area contributed by atoms with Gasteiger partial charge in [-0.2, -0.15) is 0 Å². The summed E-state index contributed by atoms with van der Waals surface area (Å²) in [6.07, 6.45) is 6.07. The van der Waals surface area contributed by atoms with Crippen LogP contribution >= 0.6 is 0 Å². The number of carboxylic acids is 1. The van der Waals surface area contributed by atoms with Crippen molar-refractivity contribution in [2.75, 3.05) is 19.6 Å². The Labute approximate surface area is 108 Å². The van der Waals surface area contributed by atoms with E-state index in [0.29, 0.717) is 13.0 Å². The minimum Gasteiger partial charge on any atom is -0.481 e. The van der Waals surface area contributed by atoms with Crippen LogP contribution in [0.2, 0.25) is 0 Å². The molecule has 4 nitrogen and oxygen atoms in total. The zero-order chi connectivity index (χ0) is 13.0. The van der Waals surface area contributed by atoms with Crippen molar-refractivity contribution in [1.29, 1.82) is 0 Å². The van der Waals surface area contributed by atoms with Gasteiger partial charge in [-0.3, -0.25) is 9.78 Å². The van der Waals surface area contributed by atoms with Crippen LogP contribution in [-0.2, 0) is 11.2 Å². The molecule has 0 aromatic carbocycles. The lowest BCUT2D eigenvalue weighted by molar-refractivity contribution is -0.148. The molecular formula is C14H20N2O2. The van der Waals surface area contributed by atoms with E-state index in [0.717, 1.165) is 25.9 Å². The number of pyridine rings is 1. The molecule has 4 heteroatoms. The van der Waals surface area contributed by atoms with E-state index in [4.69, 9.17) is 0 Å². The number of likely N-dealkylation sites (tertiary alicyclic amines) is 1. The minimum absolute atomic E-state index is 0.519. The Hall–Kier alpha value is -1.42. The van der Waals surface area contributed by atoms with E-state index in [2.05, 4.69) is 16.0 Å². The van der Waals surface area contributed by atoms with Gasteiger partial charge < -0.3 is 10.0 Å². The standard InChI is InChI=1S/C14H20N2O2/c1-2-14(13(17)18)6-9-16(11-14)8-5-12-4-3-7-15-10-12/h3-4,7,10H,2,5-6,8-9,11H2,1H3,(H,17,18). The average Bonchev–Trinajstić information content (AvgIpc) is 2.83. The molecule has 0 amide bonds. The average molecular weight is 248 g/mol. The van der Waals surface area contributed by atoms with E-state index >= 15 is 0 Å². The summed E-state index contributed by atoms with van der Waals surface area (Å²) >= 11 is 0. The van der Waals surface area contributed by atoms with Crippen molar-refractivity contribution in [2.24, 2.45) is 5.41 Å². The molecule has 2 rings (SSSR count). The summed E-state index contributed by atoms with van der Waals surface area (Å²) in [4.78, 5) is 17.7. The van der Waals surface area contributed by atoms with E-state index in [9.17, 15) is 9.90 Å². The van der Waals surface area contributed by atoms with Crippen molar-refractivity contribution in [3.8, 4) is 0 Å². The Bertz CT molecular complexity index is 408. The van der Waals surface area contributed by atoms with Crippen LogP contribution in [0.25, 0.3) is 0 Å². The van der Waals surface area contributed by atoms with Gasteiger partial charge in [-0.05, 0) is 37.4 Å². The van der Waals surface area contributed by atoms with Gasteiger partial charge in [-0.1, -0.05) is 13.0 Å². The number of carbonyl (C=O) groups is 1. The fourth-order valence-corrected chi connectivity index (χ4v) is 2.60. The fourth-order valence-electron chi connectivity index (χ4n) is 2.60. The maximum atomic E-state index is 11.3. The summed E-state index contributed by atoms with van der Waals surface area (Å²) in [5, 5.41) is 9.33. The molecule has 0 radical (unpaired) electrons. The predicted molar refractivity (Wildman–Crippen MR) is 69.4 cm³/mol. The SMILES string of the molecule is CCC1(C(=O)O)CCN(CCc2cccnc2)C1. The third kappa shape index (κ3) is 2.70. The third-order valence-corrected chi connectivity index (χ3v) is 4.00. The van der Waals surface area contributed by atoms with E-state index in [1.807, 2.05) is 19.2 Å². The number of hydrogen-bond donors (Lipinski definition) is 1. The number of aromatic nitrogens is 1. The molecule has 0 spiro atoms. The molecule has 98 valence electrons. The Morgan fingerprint density at radius 3 is 3.00 bits per heavy atom. The summed E-state index contributed by atoms with van der Waals surface area (Å²) < 4.78 is 0. The van der Waals surface area contributed by atoms with Crippen LogP contribution in [0.15, 0.2) is 24.5 Å². The third-order valence-electron chi connectivity index (χ3n) is 4.00. The van der Waals surface area contributed by atoms with Crippen LogP contribution in [0.4, 0.5) is 0 Å². The van der Waals surface area contributed by atoms with Gasteiger partial charge >= 0.3 is 5.97 Å². The highest BCUT2D eigenvalue weighted by Gasteiger charge is 2.42. The summed E-state index contributed by atoms with van der Waals surface area (Å²) in [5.41, 5.74) is 0.691. The smallest absolute Gasteiger partial charge is 0.310 e. The molecule has 1 N–H and O–H groups in total. The number of nitrogens with zero attached hydrogens (tertiary/aromatic N) is 2. The monoisotopic (exact) mass is 248 g/mol. The lowest BCUT2D eigenvalue weighted by Gasteiger charge is -2.23. The van der Waals surface area contributed by atoms with E-state index in [1.54, 1.807) is 6.20 Å². The van der Waals surface area contributed by atoms with Gasteiger partial charge in [0.1, 0.15) is 0 Å². The van der Waals surface area contributed by atoms with E-state index in [-0.39, 0.29) is 0 Å². The molecule has 0 bridgehead atoms. The molecule has 1 aromatic heterocycles. The van der Waals surface area contributed by atoms with Gasteiger partial charge in [-0.25, -0.2) is 0 Å². The molecular weight excluding hydrogens is 228 g/mol. The fraction of sp³-hybridized carbons (Fsp3) is 0.571. The van der Waals surface area contributed by atoms with Gasteiger partial charge in [-0.15, -0.1) is 0 Å². The predicted octanol–water partition coefficient (Wildman–Crippen LogP) is 1.81. The summed E-state index contributed by atoms with van der Waals surface area (Å²) in [6.45, 7) is 4.46. The Kier molecular flexibility index (Phi) is 3.97. The van der Waals surface area contributed by atoms with Crippen LogP contribution in [0.5, 0.6) is 0 Å². The van der Waals surface area contributed by atoms with Crippen LogP contribution < -0.4 is 0 Å². The molecule has 1 saturated heterocycles. The molecule has 1 aromatic rings. The Morgan fingerprint density at radius 2 is 2.44 bits per heavy atom. The highest BCUT2D eigenvalue weighted by Crippen LogP contribution is 2.34. The quantitative estimate of drug-likeness (QED) is 0.863. The number of hydrogen-bond acceptors (Lipinski definition) is 3.